The van der Waals surface area contributed by atoms with Crippen molar-refractivity contribution in [3.63, 3.8) is 0 Å². The van der Waals surface area contributed by atoms with Crippen molar-refractivity contribution in [3.05, 3.63) is 23.5 Å². The highest BCUT2D eigenvalue weighted by Gasteiger charge is 2.12. The lowest BCUT2D eigenvalue weighted by atomic mass is 10.0. The Morgan fingerprint density at radius 1 is 1.54 bits per heavy atom. The fourth-order valence-electron chi connectivity index (χ4n) is 1.14. The van der Waals surface area contributed by atoms with Crippen LogP contribution in [0.4, 0.5) is 10.1 Å². The average molecular weight is 184 g/mol. The molecule has 72 valence electrons. The first kappa shape index (κ1) is 9.80. The monoisotopic (exact) mass is 184 g/mol. The zero-order chi connectivity index (χ0) is 10.0. The Hall–Kier alpha value is -1.29. The van der Waals surface area contributed by atoms with Crippen LogP contribution in [0.1, 0.15) is 24.9 Å². The SMILES string of the molecule is CC[C@H](N)c1cc(F)cc(N)c1O. The number of nitrogens with two attached hydrogens (primary N) is 2. The van der Waals surface area contributed by atoms with Crippen molar-refractivity contribution in [3.8, 4) is 5.75 Å². The Kier molecular flexibility index (Phi) is 2.72. The summed E-state index contributed by atoms with van der Waals surface area (Å²) in [4.78, 5) is 0. The van der Waals surface area contributed by atoms with Crippen LogP contribution in [-0.4, -0.2) is 5.11 Å². The van der Waals surface area contributed by atoms with Crippen molar-refractivity contribution in [2.75, 3.05) is 5.73 Å². The standard InChI is InChI=1S/C9H13FN2O/c1-2-7(11)6-3-5(10)4-8(12)9(6)13/h3-4,7,13H,2,11-12H2,1H3/t7-/m0/s1. The first-order valence-electron chi connectivity index (χ1n) is 4.09. The van der Waals surface area contributed by atoms with E-state index in [1.54, 1.807) is 0 Å². The number of phenolic OH excluding ortho intramolecular Hbond substituents is 1. The average Bonchev–Trinajstić information content (AvgIpc) is 2.10. The molecular weight excluding hydrogens is 171 g/mol. The zero-order valence-corrected chi connectivity index (χ0v) is 7.42. The van der Waals surface area contributed by atoms with E-state index in [2.05, 4.69) is 0 Å². The third-order valence-corrected chi connectivity index (χ3v) is 1.97. The van der Waals surface area contributed by atoms with Gasteiger partial charge in [0.25, 0.3) is 0 Å². The fourth-order valence-corrected chi connectivity index (χ4v) is 1.14. The van der Waals surface area contributed by atoms with Gasteiger partial charge in [-0.2, -0.15) is 0 Å². The summed E-state index contributed by atoms with van der Waals surface area (Å²) in [5, 5.41) is 9.45. The third-order valence-electron chi connectivity index (χ3n) is 1.97. The number of nitrogen functional groups attached to an aromatic ring is 1. The molecule has 0 bridgehead atoms. The number of rotatable bonds is 2. The molecule has 5 N–H and O–H groups in total. The van der Waals surface area contributed by atoms with E-state index in [0.29, 0.717) is 12.0 Å². The highest BCUT2D eigenvalue weighted by Crippen LogP contribution is 2.31. The normalized spacial score (nSPS) is 12.8. The topological polar surface area (TPSA) is 72.3 Å². The van der Waals surface area contributed by atoms with Crippen LogP contribution in [0.25, 0.3) is 0 Å². The molecule has 4 heteroatoms. The Morgan fingerprint density at radius 2 is 2.15 bits per heavy atom. The van der Waals surface area contributed by atoms with Crippen LogP contribution in [-0.2, 0) is 0 Å². The van der Waals surface area contributed by atoms with Gasteiger partial charge in [-0.05, 0) is 12.5 Å². The van der Waals surface area contributed by atoms with Gasteiger partial charge in [-0.25, -0.2) is 4.39 Å². The number of halogens is 1. The number of hydrogen-bond donors (Lipinski definition) is 3. The summed E-state index contributed by atoms with van der Waals surface area (Å²) in [6.07, 6.45) is 0.621. The minimum atomic E-state index is -0.478. The molecule has 1 aromatic carbocycles. The molecule has 13 heavy (non-hydrogen) atoms. The first-order chi connectivity index (χ1) is 6.06. The minimum Gasteiger partial charge on any atom is -0.505 e. The molecule has 0 fully saturated rings. The molecule has 0 saturated heterocycles. The molecule has 0 amide bonds. The van der Waals surface area contributed by atoms with Crippen molar-refractivity contribution in [1.29, 1.82) is 0 Å². The lowest BCUT2D eigenvalue weighted by molar-refractivity contribution is 0.460. The van der Waals surface area contributed by atoms with E-state index < -0.39 is 5.82 Å². The Bertz CT molecular complexity index is 315. The van der Waals surface area contributed by atoms with Crippen molar-refractivity contribution >= 4 is 5.69 Å². The van der Waals surface area contributed by atoms with Crippen LogP contribution in [0, 0.1) is 5.82 Å². The highest BCUT2D eigenvalue weighted by atomic mass is 19.1. The molecule has 0 aromatic heterocycles. The Morgan fingerprint density at radius 3 is 2.69 bits per heavy atom. The maximum Gasteiger partial charge on any atom is 0.143 e. The maximum atomic E-state index is 12.9. The van der Waals surface area contributed by atoms with Gasteiger partial charge in [-0.15, -0.1) is 0 Å². The van der Waals surface area contributed by atoms with Crippen LogP contribution in [0.15, 0.2) is 12.1 Å². The Labute approximate surface area is 76.2 Å². The molecule has 3 nitrogen and oxygen atoms in total. The number of hydrogen-bond acceptors (Lipinski definition) is 3. The summed E-state index contributed by atoms with van der Waals surface area (Å²) in [5.41, 5.74) is 11.4. The van der Waals surface area contributed by atoms with E-state index in [-0.39, 0.29) is 17.5 Å². The highest BCUT2D eigenvalue weighted by molar-refractivity contribution is 5.56. The molecule has 0 aliphatic heterocycles. The summed E-state index contributed by atoms with van der Waals surface area (Å²) in [6, 6.07) is 1.90. The van der Waals surface area contributed by atoms with Gasteiger partial charge in [-0.1, -0.05) is 6.92 Å². The van der Waals surface area contributed by atoms with Crippen LogP contribution in [0.2, 0.25) is 0 Å². The number of benzene rings is 1. The summed E-state index contributed by atoms with van der Waals surface area (Å²) >= 11 is 0. The largest absolute Gasteiger partial charge is 0.505 e. The second-order valence-electron chi connectivity index (χ2n) is 2.95. The van der Waals surface area contributed by atoms with Gasteiger partial charge < -0.3 is 16.6 Å². The first-order valence-corrected chi connectivity index (χ1v) is 4.09. The smallest absolute Gasteiger partial charge is 0.143 e. The maximum absolute atomic E-state index is 12.9. The van der Waals surface area contributed by atoms with Gasteiger partial charge >= 0.3 is 0 Å². The van der Waals surface area contributed by atoms with E-state index in [4.69, 9.17) is 11.5 Å². The lowest BCUT2D eigenvalue weighted by Crippen LogP contribution is -2.10. The van der Waals surface area contributed by atoms with E-state index in [1.807, 2.05) is 6.92 Å². The van der Waals surface area contributed by atoms with Gasteiger partial charge in [0.05, 0.1) is 5.69 Å². The molecule has 0 radical (unpaired) electrons. The second-order valence-corrected chi connectivity index (χ2v) is 2.95. The summed E-state index contributed by atoms with van der Waals surface area (Å²) < 4.78 is 12.9. The summed E-state index contributed by atoms with van der Waals surface area (Å²) in [6.45, 7) is 1.85. The van der Waals surface area contributed by atoms with Gasteiger partial charge in [0.15, 0.2) is 0 Å². The second kappa shape index (κ2) is 3.62. The van der Waals surface area contributed by atoms with Crippen LogP contribution in [0.5, 0.6) is 5.75 Å². The molecule has 0 unspecified atom stereocenters. The number of aromatic hydroxyl groups is 1. The lowest BCUT2D eigenvalue weighted by Gasteiger charge is -2.12. The zero-order valence-electron chi connectivity index (χ0n) is 7.42. The molecule has 1 atom stereocenters. The van der Waals surface area contributed by atoms with E-state index in [0.717, 1.165) is 6.07 Å². The van der Waals surface area contributed by atoms with Gasteiger partial charge in [-0.3, -0.25) is 0 Å². The van der Waals surface area contributed by atoms with Crippen molar-refractivity contribution in [2.45, 2.75) is 19.4 Å². The van der Waals surface area contributed by atoms with Crippen molar-refractivity contribution in [1.82, 2.24) is 0 Å². The molecular formula is C9H13FN2O. The van der Waals surface area contributed by atoms with Crippen molar-refractivity contribution in [2.24, 2.45) is 5.73 Å². The molecule has 0 aliphatic rings. The molecule has 0 heterocycles. The number of anilines is 1. The molecule has 0 saturated carbocycles. The van der Waals surface area contributed by atoms with Gasteiger partial charge in [0, 0.05) is 17.7 Å². The van der Waals surface area contributed by atoms with Crippen LogP contribution >= 0.6 is 0 Å². The van der Waals surface area contributed by atoms with Gasteiger partial charge in [0.2, 0.25) is 0 Å². The quantitative estimate of drug-likeness (QED) is 0.482. The van der Waals surface area contributed by atoms with Crippen LogP contribution < -0.4 is 11.5 Å². The van der Waals surface area contributed by atoms with E-state index >= 15 is 0 Å². The summed E-state index contributed by atoms with van der Waals surface area (Å²) in [7, 11) is 0. The molecule has 0 aliphatic carbocycles. The molecule has 0 spiro atoms. The van der Waals surface area contributed by atoms with Crippen LogP contribution in [0.3, 0.4) is 0 Å². The van der Waals surface area contributed by atoms with E-state index in [9.17, 15) is 9.50 Å². The predicted octanol–water partition coefficient (Wildman–Crippen LogP) is 1.52. The molecule has 1 rings (SSSR count). The Balaban J connectivity index is 3.20. The van der Waals surface area contributed by atoms with Gasteiger partial charge in [0.1, 0.15) is 11.6 Å². The number of phenols is 1. The third kappa shape index (κ3) is 1.89. The van der Waals surface area contributed by atoms with Crippen molar-refractivity contribution < 1.29 is 9.50 Å². The minimum absolute atomic E-state index is 0.0268. The summed E-state index contributed by atoms with van der Waals surface area (Å²) in [5.74, 6) is -0.593. The van der Waals surface area contributed by atoms with E-state index in [1.165, 1.54) is 6.07 Å². The fraction of sp³-hybridized carbons (Fsp3) is 0.333. The predicted molar refractivity (Wildman–Crippen MR) is 49.7 cm³/mol. The molecule has 1 aromatic rings.